The van der Waals surface area contributed by atoms with Crippen LogP contribution in [0.1, 0.15) is 30.0 Å². The molecular weight excluding hydrogens is 328 g/mol. The maximum Gasteiger partial charge on any atom is 0.151 e. The summed E-state index contributed by atoms with van der Waals surface area (Å²) in [6, 6.07) is 10.2. The van der Waals surface area contributed by atoms with Gasteiger partial charge in [0.2, 0.25) is 0 Å². The number of piperazine rings is 1. The minimum Gasteiger partial charge on any atom is -0.497 e. The second kappa shape index (κ2) is 7.50. The number of ether oxygens (including phenoxy) is 2. The summed E-state index contributed by atoms with van der Waals surface area (Å²) < 4.78 is 10.9. The zero-order chi connectivity index (χ0) is 17.9. The summed E-state index contributed by atoms with van der Waals surface area (Å²) in [5, 5.41) is 8.85. The smallest absolute Gasteiger partial charge is 0.151 e. The average molecular weight is 354 g/mol. The molecule has 6 nitrogen and oxygen atoms in total. The highest BCUT2D eigenvalue weighted by atomic mass is 16.5. The summed E-state index contributed by atoms with van der Waals surface area (Å²) in [4.78, 5) is 4.77. The fraction of sp³-hybridized carbons (Fsp3) is 0.500. The minimum atomic E-state index is 0.659. The number of anilines is 1. The molecule has 6 heteroatoms. The predicted octanol–water partition coefficient (Wildman–Crippen LogP) is 2.69. The van der Waals surface area contributed by atoms with Crippen molar-refractivity contribution in [3.05, 3.63) is 41.6 Å². The third kappa shape index (κ3) is 3.75. The van der Waals surface area contributed by atoms with Crippen LogP contribution in [0.5, 0.6) is 11.5 Å². The second-order valence-electron chi connectivity index (χ2n) is 7.03. The lowest BCUT2D eigenvalue weighted by Crippen LogP contribution is -2.46. The van der Waals surface area contributed by atoms with Gasteiger partial charge >= 0.3 is 0 Å². The molecule has 0 amide bonds. The maximum absolute atomic E-state index is 5.50. The van der Waals surface area contributed by atoms with E-state index < -0.39 is 0 Å². The molecule has 4 rings (SSSR count). The Hall–Kier alpha value is -2.34. The maximum atomic E-state index is 5.50. The zero-order valence-electron chi connectivity index (χ0n) is 15.5. The quantitative estimate of drug-likeness (QED) is 0.795. The molecule has 1 aliphatic heterocycles. The fourth-order valence-electron chi connectivity index (χ4n) is 3.48. The van der Waals surface area contributed by atoms with E-state index in [1.165, 1.54) is 12.8 Å². The van der Waals surface area contributed by atoms with Gasteiger partial charge in [0.05, 0.1) is 19.9 Å². The first-order chi connectivity index (χ1) is 12.8. The lowest BCUT2D eigenvalue weighted by Gasteiger charge is -2.35. The van der Waals surface area contributed by atoms with Gasteiger partial charge in [0.15, 0.2) is 5.82 Å². The molecule has 1 saturated carbocycles. The van der Waals surface area contributed by atoms with Gasteiger partial charge in [0.1, 0.15) is 11.5 Å². The molecule has 2 heterocycles. The predicted molar refractivity (Wildman–Crippen MR) is 101 cm³/mol. The highest BCUT2D eigenvalue weighted by molar-refractivity contribution is 5.41. The number of nitrogens with zero attached hydrogens (tertiary/aromatic N) is 4. The van der Waals surface area contributed by atoms with E-state index in [0.717, 1.165) is 61.3 Å². The summed E-state index contributed by atoms with van der Waals surface area (Å²) in [6.07, 6.45) is 2.53. The molecule has 1 saturated heterocycles. The number of hydrogen-bond acceptors (Lipinski definition) is 6. The Balaban J connectivity index is 1.36. The van der Waals surface area contributed by atoms with Crippen LogP contribution >= 0.6 is 0 Å². The Morgan fingerprint density at radius 3 is 2.38 bits per heavy atom. The topological polar surface area (TPSA) is 50.7 Å². The van der Waals surface area contributed by atoms with Gasteiger partial charge in [0.25, 0.3) is 0 Å². The molecule has 2 fully saturated rings. The molecular formula is C20H26N4O2. The SMILES string of the molecule is COc1ccc(OC)c(CN2CCN(c3ccc(C4CC4)nn3)CC2)c1. The monoisotopic (exact) mass is 354 g/mol. The summed E-state index contributed by atoms with van der Waals surface area (Å²) in [5.41, 5.74) is 2.31. The van der Waals surface area contributed by atoms with Gasteiger partial charge in [-0.05, 0) is 43.2 Å². The molecule has 138 valence electrons. The molecule has 0 atom stereocenters. The van der Waals surface area contributed by atoms with Crippen molar-refractivity contribution < 1.29 is 9.47 Å². The molecule has 1 aliphatic carbocycles. The van der Waals surface area contributed by atoms with Gasteiger partial charge in [0, 0.05) is 44.2 Å². The molecule has 1 aromatic carbocycles. The van der Waals surface area contributed by atoms with Crippen LogP contribution in [0.15, 0.2) is 30.3 Å². The Bertz CT molecular complexity index is 738. The number of aromatic nitrogens is 2. The first-order valence-electron chi connectivity index (χ1n) is 9.28. The molecule has 2 aliphatic rings. The van der Waals surface area contributed by atoms with Crippen molar-refractivity contribution in [3.63, 3.8) is 0 Å². The van der Waals surface area contributed by atoms with Crippen molar-refractivity contribution in [3.8, 4) is 11.5 Å². The Morgan fingerprint density at radius 2 is 1.77 bits per heavy atom. The van der Waals surface area contributed by atoms with E-state index in [9.17, 15) is 0 Å². The van der Waals surface area contributed by atoms with Crippen molar-refractivity contribution >= 4 is 5.82 Å². The first-order valence-corrected chi connectivity index (χ1v) is 9.28. The molecule has 0 unspecified atom stereocenters. The highest BCUT2D eigenvalue weighted by Crippen LogP contribution is 2.38. The van der Waals surface area contributed by atoms with E-state index in [1.807, 2.05) is 12.1 Å². The molecule has 2 aromatic rings. The summed E-state index contributed by atoms with van der Waals surface area (Å²) in [5.74, 6) is 3.43. The van der Waals surface area contributed by atoms with Gasteiger partial charge in [-0.2, -0.15) is 5.10 Å². The highest BCUT2D eigenvalue weighted by Gasteiger charge is 2.26. The van der Waals surface area contributed by atoms with Crippen LogP contribution in [-0.2, 0) is 6.54 Å². The van der Waals surface area contributed by atoms with E-state index in [2.05, 4.69) is 38.2 Å². The van der Waals surface area contributed by atoms with E-state index in [-0.39, 0.29) is 0 Å². The third-order valence-electron chi connectivity index (χ3n) is 5.24. The Kier molecular flexibility index (Phi) is 4.93. The number of methoxy groups -OCH3 is 2. The largest absolute Gasteiger partial charge is 0.497 e. The number of hydrogen-bond donors (Lipinski definition) is 0. The van der Waals surface area contributed by atoms with Crippen LogP contribution in [0.2, 0.25) is 0 Å². The van der Waals surface area contributed by atoms with Gasteiger partial charge < -0.3 is 14.4 Å². The zero-order valence-corrected chi connectivity index (χ0v) is 15.5. The normalized spacial score (nSPS) is 18.0. The lowest BCUT2D eigenvalue weighted by molar-refractivity contribution is 0.245. The molecule has 1 aromatic heterocycles. The van der Waals surface area contributed by atoms with Gasteiger partial charge in [-0.1, -0.05) is 0 Å². The van der Waals surface area contributed by atoms with Gasteiger partial charge in [-0.15, -0.1) is 5.10 Å². The summed E-state index contributed by atoms with van der Waals surface area (Å²) in [6.45, 7) is 4.77. The molecule has 0 radical (unpaired) electrons. The summed E-state index contributed by atoms with van der Waals surface area (Å²) in [7, 11) is 3.41. The van der Waals surface area contributed by atoms with E-state index in [4.69, 9.17) is 9.47 Å². The van der Waals surface area contributed by atoms with Crippen LogP contribution in [0, 0.1) is 0 Å². The van der Waals surface area contributed by atoms with E-state index in [0.29, 0.717) is 5.92 Å². The van der Waals surface area contributed by atoms with Crippen LogP contribution in [0.3, 0.4) is 0 Å². The molecule has 0 N–H and O–H groups in total. The van der Waals surface area contributed by atoms with Crippen LogP contribution < -0.4 is 14.4 Å². The van der Waals surface area contributed by atoms with E-state index >= 15 is 0 Å². The Labute approximate surface area is 154 Å². The first kappa shape index (κ1) is 17.1. The standard InChI is InChI=1S/C20H26N4O2/c1-25-17-5-7-19(26-2)16(13-17)14-23-9-11-24(12-10-23)20-8-6-18(21-22-20)15-3-4-15/h5-8,13,15H,3-4,9-12,14H2,1-2H3. The second-order valence-corrected chi connectivity index (χ2v) is 7.03. The molecule has 0 bridgehead atoms. The van der Waals surface area contributed by atoms with Crippen LogP contribution in [-0.4, -0.2) is 55.5 Å². The molecule has 0 spiro atoms. The third-order valence-corrected chi connectivity index (χ3v) is 5.24. The fourth-order valence-corrected chi connectivity index (χ4v) is 3.48. The average Bonchev–Trinajstić information content (AvgIpc) is 3.54. The van der Waals surface area contributed by atoms with Crippen molar-refractivity contribution in [1.82, 2.24) is 15.1 Å². The van der Waals surface area contributed by atoms with Gasteiger partial charge in [-0.3, -0.25) is 4.90 Å². The van der Waals surface area contributed by atoms with Crippen molar-refractivity contribution in [1.29, 1.82) is 0 Å². The Morgan fingerprint density at radius 1 is 0.962 bits per heavy atom. The van der Waals surface area contributed by atoms with Gasteiger partial charge in [-0.25, -0.2) is 0 Å². The van der Waals surface area contributed by atoms with Crippen molar-refractivity contribution in [2.75, 3.05) is 45.3 Å². The lowest BCUT2D eigenvalue weighted by atomic mass is 10.1. The van der Waals surface area contributed by atoms with Crippen molar-refractivity contribution in [2.45, 2.75) is 25.3 Å². The van der Waals surface area contributed by atoms with Crippen LogP contribution in [0.25, 0.3) is 0 Å². The minimum absolute atomic E-state index is 0.659. The number of rotatable bonds is 6. The van der Waals surface area contributed by atoms with Crippen LogP contribution in [0.4, 0.5) is 5.82 Å². The summed E-state index contributed by atoms with van der Waals surface area (Å²) >= 11 is 0. The van der Waals surface area contributed by atoms with E-state index in [1.54, 1.807) is 14.2 Å². The number of benzene rings is 1. The van der Waals surface area contributed by atoms with Crippen molar-refractivity contribution in [2.24, 2.45) is 0 Å². The molecule has 26 heavy (non-hydrogen) atoms.